The average molecular weight is 237 g/mol. The van der Waals surface area contributed by atoms with Crippen LogP contribution in [0.3, 0.4) is 0 Å². The number of rotatable bonds is 3. The maximum atomic E-state index is 11.5. The first-order valence-corrected chi connectivity index (χ1v) is 5.23. The van der Waals surface area contributed by atoms with Crippen molar-refractivity contribution in [2.45, 2.75) is 38.3 Å². The van der Waals surface area contributed by atoms with E-state index in [2.05, 4.69) is 0 Å². The number of ether oxygens (including phenoxy) is 1. The first-order valence-electron chi connectivity index (χ1n) is 5.23. The minimum atomic E-state index is -0.413. The van der Waals surface area contributed by atoms with Gasteiger partial charge < -0.3 is 15.4 Å². The molecule has 2 N–H and O–H groups in total. The monoisotopic (exact) mass is 236 g/mol. The smallest absolute Gasteiger partial charge is 0.239 e. The van der Waals surface area contributed by atoms with Gasteiger partial charge in [0.2, 0.25) is 5.91 Å². The molecule has 0 aromatic heterocycles. The van der Waals surface area contributed by atoms with Crippen molar-refractivity contribution < 1.29 is 9.53 Å². The number of hydrogen-bond donors (Lipinski definition) is 1. The number of nitrogens with two attached hydrogens (primary N) is 1. The summed E-state index contributed by atoms with van der Waals surface area (Å²) in [5.41, 5.74) is 5.51. The lowest BCUT2D eigenvalue weighted by molar-refractivity contribution is -0.133. The van der Waals surface area contributed by atoms with Crippen LogP contribution in [-0.4, -0.2) is 43.2 Å². The SMILES string of the molecule is CC(N)C(=O)N(C)CC1CCCCO1.Cl. The number of carbonyl (C=O) groups excluding carboxylic acids is 1. The van der Waals surface area contributed by atoms with E-state index >= 15 is 0 Å². The van der Waals surface area contributed by atoms with E-state index in [1.807, 2.05) is 0 Å². The van der Waals surface area contributed by atoms with E-state index in [9.17, 15) is 4.79 Å². The molecule has 1 fully saturated rings. The van der Waals surface area contributed by atoms with Crippen LogP contribution in [0.25, 0.3) is 0 Å². The molecule has 2 unspecified atom stereocenters. The minimum absolute atomic E-state index is 0. The molecule has 0 aliphatic carbocycles. The fourth-order valence-electron chi connectivity index (χ4n) is 1.69. The van der Waals surface area contributed by atoms with Crippen LogP contribution < -0.4 is 5.73 Å². The van der Waals surface area contributed by atoms with E-state index in [-0.39, 0.29) is 24.4 Å². The number of likely N-dealkylation sites (N-methyl/N-ethyl adjacent to an activating group) is 1. The third kappa shape index (κ3) is 4.82. The standard InChI is InChI=1S/C10H20N2O2.ClH/c1-8(11)10(13)12(2)7-9-5-3-4-6-14-9;/h8-9H,3-7,11H2,1-2H3;1H. The molecule has 1 heterocycles. The van der Waals surface area contributed by atoms with Gasteiger partial charge >= 0.3 is 0 Å². The van der Waals surface area contributed by atoms with Gasteiger partial charge in [0.1, 0.15) is 0 Å². The molecule has 1 aliphatic heterocycles. The molecule has 2 atom stereocenters. The molecule has 4 nitrogen and oxygen atoms in total. The van der Waals surface area contributed by atoms with Gasteiger partial charge in [0, 0.05) is 20.2 Å². The van der Waals surface area contributed by atoms with Crippen LogP contribution in [0.5, 0.6) is 0 Å². The Bertz CT molecular complexity index is 194. The topological polar surface area (TPSA) is 55.6 Å². The Morgan fingerprint density at radius 1 is 1.60 bits per heavy atom. The van der Waals surface area contributed by atoms with Gasteiger partial charge in [0.25, 0.3) is 0 Å². The summed E-state index contributed by atoms with van der Waals surface area (Å²) < 4.78 is 5.54. The molecule has 5 heteroatoms. The lowest BCUT2D eigenvalue weighted by atomic mass is 10.1. The molecule has 1 saturated heterocycles. The van der Waals surface area contributed by atoms with Crippen LogP contribution in [0, 0.1) is 0 Å². The van der Waals surface area contributed by atoms with Crippen molar-refractivity contribution in [2.24, 2.45) is 5.73 Å². The molecule has 0 aromatic carbocycles. The highest BCUT2D eigenvalue weighted by Gasteiger charge is 2.20. The molecule has 0 spiro atoms. The first kappa shape index (κ1) is 14.7. The summed E-state index contributed by atoms with van der Waals surface area (Å²) in [6.07, 6.45) is 3.60. The van der Waals surface area contributed by atoms with Crippen molar-refractivity contribution in [3.8, 4) is 0 Å². The Morgan fingerprint density at radius 3 is 2.73 bits per heavy atom. The van der Waals surface area contributed by atoms with Crippen LogP contribution in [0.15, 0.2) is 0 Å². The van der Waals surface area contributed by atoms with Gasteiger partial charge in [-0.3, -0.25) is 4.79 Å². The van der Waals surface area contributed by atoms with Crippen LogP contribution >= 0.6 is 12.4 Å². The summed E-state index contributed by atoms with van der Waals surface area (Å²) in [6.45, 7) is 3.20. The zero-order chi connectivity index (χ0) is 10.6. The largest absolute Gasteiger partial charge is 0.376 e. The van der Waals surface area contributed by atoms with E-state index < -0.39 is 6.04 Å². The van der Waals surface area contributed by atoms with Crippen molar-refractivity contribution in [1.82, 2.24) is 4.90 Å². The summed E-state index contributed by atoms with van der Waals surface area (Å²) in [5, 5.41) is 0. The second-order valence-electron chi connectivity index (χ2n) is 4.00. The molecule has 0 aromatic rings. The van der Waals surface area contributed by atoms with Crippen molar-refractivity contribution >= 4 is 18.3 Å². The molecule has 1 aliphatic rings. The molecular weight excluding hydrogens is 216 g/mol. The lowest BCUT2D eigenvalue weighted by Gasteiger charge is -2.28. The zero-order valence-corrected chi connectivity index (χ0v) is 10.3. The number of hydrogen-bond acceptors (Lipinski definition) is 3. The van der Waals surface area contributed by atoms with Gasteiger partial charge in [0.15, 0.2) is 0 Å². The van der Waals surface area contributed by atoms with Crippen molar-refractivity contribution in [2.75, 3.05) is 20.2 Å². The molecule has 15 heavy (non-hydrogen) atoms. The molecule has 1 rings (SSSR count). The predicted molar refractivity (Wildman–Crippen MR) is 62.1 cm³/mol. The van der Waals surface area contributed by atoms with Gasteiger partial charge in [-0.2, -0.15) is 0 Å². The van der Waals surface area contributed by atoms with Gasteiger partial charge in [-0.1, -0.05) is 0 Å². The van der Waals surface area contributed by atoms with Crippen molar-refractivity contribution in [3.63, 3.8) is 0 Å². The van der Waals surface area contributed by atoms with Crippen LogP contribution in [0.1, 0.15) is 26.2 Å². The highest BCUT2D eigenvalue weighted by Crippen LogP contribution is 2.13. The Kier molecular flexibility index (Phi) is 6.89. The molecule has 0 saturated carbocycles. The Balaban J connectivity index is 0.00000196. The summed E-state index contributed by atoms with van der Waals surface area (Å²) in [5.74, 6) is -0.0147. The summed E-state index contributed by atoms with van der Waals surface area (Å²) >= 11 is 0. The lowest BCUT2D eigenvalue weighted by Crippen LogP contribution is -2.44. The maximum absolute atomic E-state index is 11.5. The van der Waals surface area contributed by atoms with Gasteiger partial charge in [-0.25, -0.2) is 0 Å². The van der Waals surface area contributed by atoms with Gasteiger partial charge in [0.05, 0.1) is 12.1 Å². The highest BCUT2D eigenvalue weighted by molar-refractivity contribution is 5.85. The third-order valence-corrected chi connectivity index (χ3v) is 2.52. The van der Waals surface area contributed by atoms with Crippen LogP contribution in [0.4, 0.5) is 0 Å². The molecule has 90 valence electrons. The predicted octanol–water partition coefficient (Wildman–Crippen LogP) is 0.783. The second kappa shape index (κ2) is 7.04. The van der Waals surface area contributed by atoms with Crippen LogP contribution in [-0.2, 0) is 9.53 Å². The Hall–Kier alpha value is -0.320. The molecule has 1 amide bonds. The number of carbonyl (C=O) groups is 1. The number of halogens is 1. The van der Waals surface area contributed by atoms with Crippen molar-refractivity contribution in [3.05, 3.63) is 0 Å². The third-order valence-electron chi connectivity index (χ3n) is 2.52. The second-order valence-corrected chi connectivity index (χ2v) is 4.00. The van der Waals surface area contributed by atoms with E-state index in [1.165, 1.54) is 6.42 Å². The average Bonchev–Trinajstić information content (AvgIpc) is 2.18. The molecular formula is C10H21ClN2O2. The fraction of sp³-hybridized carbons (Fsp3) is 0.900. The summed E-state index contributed by atoms with van der Waals surface area (Å²) in [6, 6.07) is -0.413. The Labute approximate surface area is 97.5 Å². The summed E-state index contributed by atoms with van der Waals surface area (Å²) in [4.78, 5) is 13.1. The van der Waals surface area contributed by atoms with Gasteiger partial charge in [-0.15, -0.1) is 12.4 Å². The first-order chi connectivity index (χ1) is 6.61. The maximum Gasteiger partial charge on any atom is 0.239 e. The highest BCUT2D eigenvalue weighted by atomic mass is 35.5. The molecule has 0 radical (unpaired) electrons. The normalized spacial score (nSPS) is 22.7. The quantitative estimate of drug-likeness (QED) is 0.788. The zero-order valence-electron chi connectivity index (χ0n) is 9.44. The summed E-state index contributed by atoms with van der Waals surface area (Å²) in [7, 11) is 1.78. The fourth-order valence-corrected chi connectivity index (χ4v) is 1.69. The van der Waals surface area contributed by atoms with Crippen LogP contribution in [0.2, 0.25) is 0 Å². The minimum Gasteiger partial charge on any atom is -0.376 e. The van der Waals surface area contributed by atoms with Gasteiger partial charge in [-0.05, 0) is 26.2 Å². The van der Waals surface area contributed by atoms with E-state index in [0.717, 1.165) is 19.4 Å². The van der Waals surface area contributed by atoms with E-state index in [0.29, 0.717) is 6.54 Å². The Morgan fingerprint density at radius 2 is 2.27 bits per heavy atom. The number of nitrogens with zero attached hydrogens (tertiary/aromatic N) is 1. The van der Waals surface area contributed by atoms with E-state index in [1.54, 1.807) is 18.9 Å². The molecule has 0 bridgehead atoms. The van der Waals surface area contributed by atoms with Crippen molar-refractivity contribution in [1.29, 1.82) is 0 Å². The van der Waals surface area contributed by atoms with E-state index in [4.69, 9.17) is 10.5 Å². The number of amides is 1.